The maximum Gasteiger partial charge on any atom is 0.416 e. The lowest BCUT2D eigenvalue weighted by Gasteiger charge is -2.16. The first-order valence-corrected chi connectivity index (χ1v) is 10.4. The number of anilines is 1. The molecular weight excluding hydrogens is 505 g/mol. The van der Waals surface area contributed by atoms with Crippen molar-refractivity contribution in [3.05, 3.63) is 105 Å². The average Bonchev–Trinajstić information content (AvgIpc) is 2.83. The Balaban J connectivity index is 1.91. The standard InChI is InChI=1S/C25H11ClF5N3O2/c26-20-2-1-15(27)9-18(20)23(35)22-19(10-32)17-3-4-33-11-13(17)7-21(22)34-24(36)12-5-14(25(29,30)31)8-16(28)6-12/h1-9,11H,(H,34,36). The van der Waals surface area contributed by atoms with Crippen molar-refractivity contribution in [1.29, 1.82) is 5.26 Å². The topological polar surface area (TPSA) is 82.9 Å². The lowest BCUT2D eigenvalue weighted by atomic mass is 9.92. The molecule has 0 spiro atoms. The van der Waals surface area contributed by atoms with E-state index in [1.54, 1.807) is 0 Å². The van der Waals surface area contributed by atoms with Crippen LogP contribution in [0.2, 0.25) is 5.02 Å². The molecule has 11 heteroatoms. The lowest BCUT2D eigenvalue weighted by molar-refractivity contribution is -0.137. The number of alkyl halides is 3. The highest BCUT2D eigenvalue weighted by Gasteiger charge is 2.32. The van der Waals surface area contributed by atoms with Gasteiger partial charge in [0.15, 0.2) is 5.78 Å². The van der Waals surface area contributed by atoms with Crippen molar-refractivity contribution < 1.29 is 31.5 Å². The summed E-state index contributed by atoms with van der Waals surface area (Å²) in [6.45, 7) is 0. The second-order valence-corrected chi connectivity index (χ2v) is 7.92. The quantitative estimate of drug-likeness (QED) is 0.247. The Bertz CT molecular complexity index is 1600. The first-order chi connectivity index (χ1) is 17.0. The summed E-state index contributed by atoms with van der Waals surface area (Å²) >= 11 is 6.07. The molecule has 36 heavy (non-hydrogen) atoms. The normalized spacial score (nSPS) is 11.2. The third kappa shape index (κ3) is 4.74. The SMILES string of the molecule is N#Cc1c(C(=O)c2cc(F)ccc2Cl)c(NC(=O)c2cc(F)cc(C(F)(F)F)c2)cc2cnccc12. The number of halogens is 6. The largest absolute Gasteiger partial charge is 0.416 e. The number of carbonyl (C=O) groups excluding carboxylic acids is 2. The zero-order chi connectivity index (χ0) is 26.2. The van der Waals surface area contributed by atoms with E-state index in [4.69, 9.17) is 11.6 Å². The molecule has 4 aromatic rings. The molecule has 3 aromatic carbocycles. The Morgan fingerprint density at radius 3 is 2.44 bits per heavy atom. The van der Waals surface area contributed by atoms with Crippen LogP contribution < -0.4 is 5.32 Å². The molecule has 1 heterocycles. The number of rotatable bonds is 4. The number of aromatic nitrogens is 1. The van der Waals surface area contributed by atoms with Crippen molar-refractivity contribution in [2.75, 3.05) is 5.32 Å². The molecule has 0 aliphatic rings. The summed E-state index contributed by atoms with van der Waals surface area (Å²) in [6.07, 6.45) is -2.23. The summed E-state index contributed by atoms with van der Waals surface area (Å²) in [4.78, 5) is 30.2. The van der Waals surface area contributed by atoms with Crippen LogP contribution in [-0.2, 0) is 6.18 Å². The smallest absolute Gasteiger partial charge is 0.321 e. The van der Waals surface area contributed by atoms with E-state index in [-0.39, 0.29) is 38.9 Å². The van der Waals surface area contributed by atoms with E-state index in [2.05, 4.69) is 10.3 Å². The van der Waals surface area contributed by atoms with Gasteiger partial charge in [0.1, 0.15) is 17.7 Å². The third-order valence-corrected chi connectivity index (χ3v) is 5.52. The summed E-state index contributed by atoms with van der Waals surface area (Å²) in [6, 6.07) is 8.82. The minimum Gasteiger partial charge on any atom is -0.321 e. The number of hydrogen-bond donors (Lipinski definition) is 1. The Morgan fingerprint density at radius 2 is 1.75 bits per heavy atom. The van der Waals surface area contributed by atoms with E-state index in [1.165, 1.54) is 24.5 Å². The lowest BCUT2D eigenvalue weighted by Crippen LogP contribution is -2.18. The molecule has 0 aliphatic carbocycles. The predicted octanol–water partition coefficient (Wildman–Crippen LogP) is 6.54. The Hall–Kier alpha value is -4.36. The molecular formula is C25H11ClF5N3O2. The van der Waals surface area contributed by atoms with Gasteiger partial charge in [-0.2, -0.15) is 18.4 Å². The van der Waals surface area contributed by atoms with E-state index >= 15 is 0 Å². The molecule has 0 unspecified atom stereocenters. The molecule has 180 valence electrons. The molecule has 4 rings (SSSR count). The second-order valence-electron chi connectivity index (χ2n) is 7.52. The van der Waals surface area contributed by atoms with Gasteiger partial charge in [0.25, 0.3) is 5.91 Å². The Labute approximate surface area is 204 Å². The summed E-state index contributed by atoms with van der Waals surface area (Å²) in [5, 5.41) is 12.6. The van der Waals surface area contributed by atoms with Gasteiger partial charge in [0.05, 0.1) is 27.4 Å². The molecule has 0 atom stereocenters. The number of hydrogen-bond acceptors (Lipinski definition) is 4. The maximum absolute atomic E-state index is 13.9. The van der Waals surface area contributed by atoms with Crippen LogP contribution in [0.1, 0.15) is 37.4 Å². The number of carbonyl (C=O) groups is 2. The van der Waals surface area contributed by atoms with E-state index in [9.17, 15) is 36.8 Å². The number of fused-ring (bicyclic) bond motifs is 1. The number of amides is 1. The van der Waals surface area contributed by atoms with Gasteiger partial charge in [-0.3, -0.25) is 14.6 Å². The second kappa shape index (κ2) is 9.36. The van der Waals surface area contributed by atoms with Crippen LogP contribution in [0.4, 0.5) is 27.6 Å². The molecule has 0 saturated heterocycles. The molecule has 0 fully saturated rings. The van der Waals surface area contributed by atoms with Crippen molar-refractivity contribution in [2.24, 2.45) is 0 Å². The molecule has 0 aliphatic heterocycles. The summed E-state index contributed by atoms with van der Waals surface area (Å²) in [7, 11) is 0. The monoisotopic (exact) mass is 515 g/mol. The molecule has 0 saturated carbocycles. The summed E-state index contributed by atoms with van der Waals surface area (Å²) < 4.78 is 67.1. The van der Waals surface area contributed by atoms with Crippen molar-refractivity contribution in [3.8, 4) is 6.07 Å². The first kappa shape index (κ1) is 24.8. The number of nitriles is 1. The maximum atomic E-state index is 13.9. The molecule has 5 nitrogen and oxygen atoms in total. The molecule has 1 amide bonds. The van der Waals surface area contributed by atoms with E-state index in [0.717, 1.165) is 18.2 Å². The molecule has 1 aromatic heterocycles. The van der Waals surface area contributed by atoms with Gasteiger partial charge in [-0.1, -0.05) is 11.6 Å². The fraction of sp³-hybridized carbons (Fsp3) is 0.0400. The van der Waals surface area contributed by atoms with Crippen molar-refractivity contribution >= 4 is 39.8 Å². The van der Waals surface area contributed by atoms with Gasteiger partial charge in [0.2, 0.25) is 0 Å². The van der Waals surface area contributed by atoms with Gasteiger partial charge in [-0.25, -0.2) is 8.78 Å². The Morgan fingerprint density at radius 1 is 1.00 bits per heavy atom. The van der Waals surface area contributed by atoms with Gasteiger partial charge < -0.3 is 5.32 Å². The third-order valence-electron chi connectivity index (χ3n) is 5.19. The van der Waals surface area contributed by atoms with Crippen LogP contribution in [0, 0.1) is 23.0 Å². The number of nitrogens with one attached hydrogen (secondary N) is 1. The number of nitrogens with zero attached hydrogens (tertiary/aromatic N) is 2. The molecule has 0 bridgehead atoms. The highest BCUT2D eigenvalue weighted by atomic mass is 35.5. The van der Waals surface area contributed by atoms with Crippen LogP contribution in [0.5, 0.6) is 0 Å². The fourth-order valence-corrected chi connectivity index (χ4v) is 3.79. The molecule has 0 radical (unpaired) electrons. The summed E-state index contributed by atoms with van der Waals surface area (Å²) in [5.74, 6) is -4.22. The van der Waals surface area contributed by atoms with Crippen LogP contribution in [-0.4, -0.2) is 16.7 Å². The van der Waals surface area contributed by atoms with Crippen LogP contribution >= 0.6 is 11.6 Å². The van der Waals surface area contributed by atoms with Crippen LogP contribution in [0.3, 0.4) is 0 Å². The van der Waals surface area contributed by atoms with Crippen LogP contribution in [0.15, 0.2) is 60.9 Å². The highest BCUT2D eigenvalue weighted by molar-refractivity contribution is 6.35. The molecule has 1 N–H and O–H groups in total. The van der Waals surface area contributed by atoms with E-state index in [1.807, 2.05) is 6.07 Å². The van der Waals surface area contributed by atoms with E-state index in [0.29, 0.717) is 17.5 Å². The van der Waals surface area contributed by atoms with Crippen LogP contribution in [0.25, 0.3) is 10.8 Å². The first-order valence-electron chi connectivity index (χ1n) is 9.99. The number of pyridine rings is 1. The minimum absolute atomic E-state index is 0.141. The minimum atomic E-state index is -4.92. The number of ketones is 1. The van der Waals surface area contributed by atoms with Crippen molar-refractivity contribution in [2.45, 2.75) is 6.18 Å². The summed E-state index contributed by atoms with van der Waals surface area (Å²) in [5.41, 5.74) is -3.29. The zero-order valence-electron chi connectivity index (χ0n) is 17.8. The van der Waals surface area contributed by atoms with Gasteiger partial charge in [-0.05, 0) is 48.5 Å². The Kier molecular flexibility index (Phi) is 6.43. The zero-order valence-corrected chi connectivity index (χ0v) is 18.5. The van der Waals surface area contributed by atoms with Gasteiger partial charge >= 0.3 is 6.18 Å². The fourth-order valence-electron chi connectivity index (χ4n) is 3.58. The number of benzene rings is 3. The predicted molar refractivity (Wildman–Crippen MR) is 121 cm³/mol. The average molecular weight is 516 g/mol. The van der Waals surface area contributed by atoms with Gasteiger partial charge in [-0.15, -0.1) is 0 Å². The van der Waals surface area contributed by atoms with Crippen molar-refractivity contribution in [3.63, 3.8) is 0 Å². The van der Waals surface area contributed by atoms with Crippen molar-refractivity contribution in [1.82, 2.24) is 4.98 Å². The van der Waals surface area contributed by atoms with Gasteiger partial charge in [0, 0.05) is 34.3 Å². The van der Waals surface area contributed by atoms with E-state index < -0.39 is 40.6 Å². The highest BCUT2D eigenvalue weighted by Crippen LogP contribution is 2.34.